The first-order chi connectivity index (χ1) is 14.7. The van der Waals surface area contributed by atoms with Crippen molar-refractivity contribution in [2.45, 2.75) is 50.6 Å². The van der Waals surface area contributed by atoms with Crippen molar-refractivity contribution >= 4 is 11.8 Å². The smallest absolute Gasteiger partial charge is 0.260 e. The predicted molar refractivity (Wildman–Crippen MR) is 114 cm³/mol. The highest BCUT2D eigenvalue weighted by atomic mass is 16.5. The lowest BCUT2D eigenvalue weighted by Gasteiger charge is -2.54. The van der Waals surface area contributed by atoms with Gasteiger partial charge in [-0.2, -0.15) is 0 Å². The fourth-order valence-corrected chi connectivity index (χ4v) is 6.18. The molecule has 3 atom stereocenters. The van der Waals surface area contributed by atoms with E-state index in [9.17, 15) is 9.59 Å². The molecule has 2 bridgehead atoms. The van der Waals surface area contributed by atoms with Crippen LogP contribution in [-0.2, 0) is 9.59 Å². The van der Waals surface area contributed by atoms with Gasteiger partial charge in [-0.3, -0.25) is 14.5 Å². The number of likely N-dealkylation sites (tertiary alicyclic amines) is 2. The maximum Gasteiger partial charge on any atom is 0.260 e. The van der Waals surface area contributed by atoms with Crippen molar-refractivity contribution in [2.24, 2.45) is 11.8 Å². The number of hydrogen-bond acceptors (Lipinski definition) is 4. The maximum atomic E-state index is 12.6. The van der Waals surface area contributed by atoms with Crippen LogP contribution in [0.15, 0.2) is 30.3 Å². The van der Waals surface area contributed by atoms with E-state index in [-0.39, 0.29) is 12.5 Å². The Balaban J connectivity index is 1.12. The molecular weight excluding hydrogens is 378 g/mol. The maximum absolute atomic E-state index is 12.6. The van der Waals surface area contributed by atoms with Gasteiger partial charge in [-0.15, -0.1) is 0 Å². The molecule has 4 aliphatic heterocycles. The van der Waals surface area contributed by atoms with Gasteiger partial charge >= 0.3 is 0 Å². The zero-order valence-corrected chi connectivity index (χ0v) is 17.7. The second kappa shape index (κ2) is 8.58. The second-order valence-corrected chi connectivity index (χ2v) is 9.54. The van der Waals surface area contributed by atoms with Crippen LogP contribution in [0.3, 0.4) is 0 Å². The first-order valence-corrected chi connectivity index (χ1v) is 11.7. The number of benzene rings is 1. The number of hydrogen-bond donors (Lipinski definition) is 0. The summed E-state index contributed by atoms with van der Waals surface area (Å²) in [5, 5.41) is 0. The Labute approximate surface area is 179 Å². The van der Waals surface area contributed by atoms with Gasteiger partial charge in [0, 0.05) is 51.2 Å². The van der Waals surface area contributed by atoms with Crippen LogP contribution in [0.1, 0.15) is 38.5 Å². The van der Waals surface area contributed by atoms with Gasteiger partial charge in [-0.05, 0) is 56.1 Å². The fraction of sp³-hybridized carbons (Fsp3) is 0.667. The molecule has 162 valence electrons. The molecule has 30 heavy (non-hydrogen) atoms. The fourth-order valence-electron chi connectivity index (χ4n) is 6.18. The SMILES string of the molecule is O=C(COc1ccccc1)N1CCC(N2C[C@H]3C[C@H](C2)[C@H]2CCCC(=O)N2C3)CC1. The molecule has 0 aromatic heterocycles. The molecule has 0 N–H and O–H groups in total. The molecule has 0 saturated carbocycles. The normalized spacial score (nSPS) is 30.1. The van der Waals surface area contributed by atoms with E-state index in [4.69, 9.17) is 4.74 Å². The lowest BCUT2D eigenvalue weighted by atomic mass is 9.75. The third-order valence-corrected chi connectivity index (χ3v) is 7.65. The molecule has 0 aliphatic carbocycles. The van der Waals surface area contributed by atoms with Gasteiger partial charge in [-0.1, -0.05) is 18.2 Å². The summed E-state index contributed by atoms with van der Waals surface area (Å²) >= 11 is 0. The third kappa shape index (κ3) is 4.07. The molecule has 2 amide bonds. The zero-order valence-electron chi connectivity index (χ0n) is 17.7. The molecule has 5 rings (SSSR count). The molecule has 4 aliphatic rings. The number of carbonyl (C=O) groups excluding carboxylic acids is 2. The molecule has 1 aromatic rings. The molecule has 6 heteroatoms. The van der Waals surface area contributed by atoms with Crippen LogP contribution in [-0.4, -0.2) is 77.9 Å². The zero-order chi connectivity index (χ0) is 20.5. The summed E-state index contributed by atoms with van der Waals surface area (Å²) in [4.78, 5) is 31.8. The summed E-state index contributed by atoms with van der Waals surface area (Å²) in [7, 11) is 0. The Bertz CT molecular complexity index is 762. The van der Waals surface area contributed by atoms with Crippen molar-refractivity contribution in [3.8, 4) is 5.75 Å². The number of nitrogens with zero attached hydrogens (tertiary/aromatic N) is 3. The molecule has 4 fully saturated rings. The van der Waals surface area contributed by atoms with E-state index in [0.29, 0.717) is 29.8 Å². The molecule has 4 saturated heterocycles. The van der Waals surface area contributed by atoms with Gasteiger partial charge in [0.15, 0.2) is 6.61 Å². The lowest BCUT2D eigenvalue weighted by molar-refractivity contribution is -0.146. The van der Waals surface area contributed by atoms with Crippen molar-refractivity contribution in [3.05, 3.63) is 30.3 Å². The van der Waals surface area contributed by atoms with E-state index < -0.39 is 0 Å². The second-order valence-electron chi connectivity index (χ2n) is 9.54. The van der Waals surface area contributed by atoms with E-state index in [1.54, 1.807) is 0 Å². The van der Waals surface area contributed by atoms with E-state index in [2.05, 4.69) is 9.80 Å². The number of para-hydroxylation sites is 1. The van der Waals surface area contributed by atoms with Crippen LogP contribution >= 0.6 is 0 Å². The highest BCUT2D eigenvalue weighted by Crippen LogP contribution is 2.39. The van der Waals surface area contributed by atoms with Crippen LogP contribution in [0, 0.1) is 11.8 Å². The minimum atomic E-state index is 0.0872. The number of rotatable bonds is 4. The molecular formula is C24H33N3O3. The number of fused-ring (bicyclic) bond motifs is 4. The van der Waals surface area contributed by atoms with E-state index in [1.807, 2.05) is 35.2 Å². The summed E-state index contributed by atoms with van der Waals surface area (Å²) in [5.74, 6) is 2.49. The van der Waals surface area contributed by atoms with Crippen LogP contribution < -0.4 is 4.74 Å². The van der Waals surface area contributed by atoms with E-state index in [1.165, 1.54) is 12.8 Å². The monoisotopic (exact) mass is 411 g/mol. The summed E-state index contributed by atoms with van der Waals surface area (Å²) in [6.45, 7) is 4.96. The number of ether oxygens (including phenoxy) is 1. The first kappa shape index (κ1) is 19.9. The Morgan fingerprint density at radius 3 is 2.63 bits per heavy atom. The number of piperidine rings is 4. The van der Waals surface area contributed by atoms with Crippen LogP contribution in [0.25, 0.3) is 0 Å². The van der Waals surface area contributed by atoms with Crippen molar-refractivity contribution in [1.82, 2.24) is 14.7 Å². The van der Waals surface area contributed by atoms with Crippen LogP contribution in [0.4, 0.5) is 0 Å². The molecule has 0 unspecified atom stereocenters. The van der Waals surface area contributed by atoms with Gasteiger partial charge in [0.1, 0.15) is 5.75 Å². The van der Waals surface area contributed by atoms with Crippen molar-refractivity contribution in [3.63, 3.8) is 0 Å². The van der Waals surface area contributed by atoms with E-state index >= 15 is 0 Å². The minimum Gasteiger partial charge on any atom is -0.484 e. The van der Waals surface area contributed by atoms with Crippen molar-refractivity contribution in [2.75, 3.05) is 39.3 Å². The summed E-state index contributed by atoms with van der Waals surface area (Å²) in [5.41, 5.74) is 0. The van der Waals surface area contributed by atoms with Gasteiger partial charge < -0.3 is 14.5 Å². The third-order valence-electron chi connectivity index (χ3n) is 7.65. The topological polar surface area (TPSA) is 53.1 Å². The highest BCUT2D eigenvalue weighted by Gasteiger charge is 2.45. The quantitative estimate of drug-likeness (QED) is 0.764. The van der Waals surface area contributed by atoms with Crippen molar-refractivity contribution < 1.29 is 14.3 Å². The number of amides is 2. The highest BCUT2D eigenvalue weighted by molar-refractivity contribution is 5.78. The average Bonchev–Trinajstić information content (AvgIpc) is 2.79. The van der Waals surface area contributed by atoms with Gasteiger partial charge in [0.05, 0.1) is 0 Å². The summed E-state index contributed by atoms with van der Waals surface area (Å²) < 4.78 is 5.64. The molecule has 1 aromatic carbocycles. The first-order valence-electron chi connectivity index (χ1n) is 11.7. The summed E-state index contributed by atoms with van der Waals surface area (Å²) in [6, 6.07) is 10.6. The van der Waals surface area contributed by atoms with Gasteiger partial charge in [-0.25, -0.2) is 0 Å². The van der Waals surface area contributed by atoms with Crippen molar-refractivity contribution in [1.29, 1.82) is 0 Å². The Kier molecular flexibility index (Phi) is 5.68. The van der Waals surface area contributed by atoms with Gasteiger partial charge in [0.2, 0.25) is 5.91 Å². The largest absolute Gasteiger partial charge is 0.484 e. The standard InChI is InChI=1S/C24H33N3O3/c28-23-8-4-7-22-19-13-18(15-27(22)23)14-26(16-19)20-9-11-25(12-10-20)24(29)17-30-21-5-2-1-3-6-21/h1-3,5-6,18-20,22H,4,7-17H2/t18-,19-,22-/m1/s1. The molecule has 0 radical (unpaired) electrons. The molecule has 6 nitrogen and oxygen atoms in total. The molecule has 0 spiro atoms. The Morgan fingerprint density at radius 1 is 1.03 bits per heavy atom. The van der Waals surface area contributed by atoms with Crippen LogP contribution in [0.5, 0.6) is 5.75 Å². The minimum absolute atomic E-state index is 0.0872. The Morgan fingerprint density at radius 2 is 1.83 bits per heavy atom. The number of carbonyl (C=O) groups is 2. The average molecular weight is 412 g/mol. The Hall–Kier alpha value is -2.08. The summed E-state index contributed by atoms with van der Waals surface area (Å²) in [6.07, 6.45) is 6.38. The van der Waals surface area contributed by atoms with Crippen LogP contribution in [0.2, 0.25) is 0 Å². The van der Waals surface area contributed by atoms with E-state index in [0.717, 1.165) is 64.2 Å². The predicted octanol–water partition coefficient (Wildman–Crippen LogP) is 2.39. The van der Waals surface area contributed by atoms with Gasteiger partial charge in [0.25, 0.3) is 5.91 Å². The molecule has 4 heterocycles. The lowest BCUT2D eigenvalue weighted by Crippen LogP contribution is -2.62.